The zero-order valence-electron chi connectivity index (χ0n) is 15.5. The molecule has 1 aliphatic heterocycles. The molecule has 0 saturated carbocycles. The Morgan fingerprint density at radius 2 is 1.97 bits per heavy atom. The first kappa shape index (κ1) is 20.2. The van der Waals surface area contributed by atoms with E-state index >= 15 is 0 Å². The largest absolute Gasteiger partial charge is 0.588 e. The Bertz CT molecular complexity index is 1220. The van der Waals surface area contributed by atoms with Crippen LogP contribution in [-0.4, -0.2) is 15.3 Å². The van der Waals surface area contributed by atoms with Gasteiger partial charge in [-0.2, -0.15) is 0 Å². The highest BCUT2D eigenvalue weighted by atomic mass is 35.5. The summed E-state index contributed by atoms with van der Waals surface area (Å²) in [4.78, 5) is 17.0. The molecular weight excluding hydrogens is 423 g/mol. The number of nitrogens with one attached hydrogen (secondary N) is 1. The molecule has 1 aromatic heterocycles. The van der Waals surface area contributed by atoms with Gasteiger partial charge in [-0.3, -0.25) is 9.78 Å². The number of allylic oxidation sites excluding steroid dienone is 1. The smallest absolute Gasteiger partial charge is 0.245 e. The molecule has 0 saturated heterocycles. The number of pyridine rings is 1. The molecule has 1 N–H and O–H groups in total. The average molecular weight is 437 g/mol. The van der Waals surface area contributed by atoms with Crippen LogP contribution in [0, 0.1) is 17.7 Å². The number of nitrogens with zero attached hydrogens (tertiary/aromatic N) is 1. The number of benzene rings is 2. The quantitative estimate of drug-likeness (QED) is 0.356. The Labute approximate surface area is 181 Å². The van der Waals surface area contributed by atoms with Gasteiger partial charge in [-0.15, -0.1) is 0 Å². The highest BCUT2D eigenvalue weighted by Gasteiger charge is 2.33. The summed E-state index contributed by atoms with van der Waals surface area (Å²) in [6, 6.07) is 13.0. The van der Waals surface area contributed by atoms with Crippen LogP contribution < -0.4 is 4.72 Å². The number of hydrogen-bond donors (Lipinski definition) is 1. The first-order chi connectivity index (χ1) is 14.5. The van der Waals surface area contributed by atoms with Crippen LogP contribution in [0.5, 0.6) is 0 Å². The van der Waals surface area contributed by atoms with Crippen molar-refractivity contribution in [2.75, 3.05) is 4.72 Å². The predicted octanol–water partition coefficient (Wildman–Crippen LogP) is 4.78. The summed E-state index contributed by atoms with van der Waals surface area (Å²) in [6.07, 6.45) is 5.38. The third-order valence-corrected chi connectivity index (χ3v) is 5.82. The van der Waals surface area contributed by atoms with Crippen molar-refractivity contribution in [2.24, 2.45) is 0 Å². The van der Waals surface area contributed by atoms with Crippen LogP contribution in [0.1, 0.15) is 27.0 Å². The van der Waals surface area contributed by atoms with Crippen LogP contribution in [0.25, 0.3) is 6.08 Å². The Balaban J connectivity index is 1.61. The van der Waals surface area contributed by atoms with Gasteiger partial charge in [0.25, 0.3) is 0 Å². The second-order valence-electron chi connectivity index (χ2n) is 6.48. The van der Waals surface area contributed by atoms with Crippen LogP contribution >= 0.6 is 11.6 Å². The van der Waals surface area contributed by atoms with E-state index in [0.29, 0.717) is 28.8 Å². The molecule has 1 aliphatic rings. The number of hydrogen-bond acceptors (Lipinski definition) is 4. The molecule has 0 spiro atoms. The van der Waals surface area contributed by atoms with Gasteiger partial charge in [-0.1, -0.05) is 29.5 Å². The van der Waals surface area contributed by atoms with E-state index < -0.39 is 23.0 Å². The number of Topliss-reactive ketones (excluding diaryl/α,β-unsaturated/α-hetero) is 1. The van der Waals surface area contributed by atoms with E-state index in [2.05, 4.69) is 21.5 Å². The van der Waals surface area contributed by atoms with Gasteiger partial charge >= 0.3 is 0 Å². The van der Waals surface area contributed by atoms with E-state index in [-0.39, 0.29) is 9.93 Å². The summed E-state index contributed by atoms with van der Waals surface area (Å²) < 4.78 is 29.0. The lowest BCUT2D eigenvalue weighted by Gasteiger charge is -2.21. The summed E-state index contributed by atoms with van der Waals surface area (Å²) in [5, 5.41) is -0.0216. The van der Waals surface area contributed by atoms with E-state index in [1.165, 1.54) is 18.2 Å². The number of rotatable bonds is 2. The van der Waals surface area contributed by atoms with Crippen LogP contribution in [0.15, 0.2) is 65.8 Å². The van der Waals surface area contributed by atoms with E-state index in [1.54, 1.807) is 36.7 Å². The topological polar surface area (TPSA) is 65.0 Å². The Hall–Kier alpha value is -3.11. The second-order valence-corrected chi connectivity index (χ2v) is 8.07. The van der Waals surface area contributed by atoms with E-state index in [9.17, 15) is 13.7 Å². The number of ketones is 1. The molecule has 0 bridgehead atoms. The molecule has 0 amide bonds. The maximum Gasteiger partial charge on any atom is 0.245 e. The number of halogens is 2. The van der Waals surface area contributed by atoms with Crippen molar-refractivity contribution in [1.29, 1.82) is 0 Å². The molecule has 7 heteroatoms. The molecule has 4 nitrogen and oxygen atoms in total. The SMILES string of the molecule is O=C1/C(=C/c2ccc(Cl)c(F)c2)[S+]([O-])Nc2ccc(C#CCc3ccncc3)cc21. The Kier molecular flexibility index (Phi) is 5.86. The molecule has 30 heavy (non-hydrogen) atoms. The van der Waals surface area contributed by atoms with Gasteiger partial charge in [0, 0.05) is 30.5 Å². The molecule has 0 aliphatic carbocycles. The third-order valence-electron chi connectivity index (χ3n) is 4.41. The monoisotopic (exact) mass is 436 g/mol. The van der Waals surface area contributed by atoms with Crippen LogP contribution in [0.4, 0.5) is 10.1 Å². The van der Waals surface area contributed by atoms with E-state index in [4.69, 9.17) is 11.6 Å². The minimum atomic E-state index is -1.75. The van der Waals surface area contributed by atoms with Crippen LogP contribution in [0.2, 0.25) is 5.02 Å². The maximum absolute atomic E-state index is 13.7. The third kappa shape index (κ3) is 4.39. The first-order valence-corrected chi connectivity index (χ1v) is 10.5. The Morgan fingerprint density at radius 3 is 2.73 bits per heavy atom. The van der Waals surface area contributed by atoms with Crippen molar-refractivity contribution in [3.63, 3.8) is 0 Å². The molecule has 3 aromatic rings. The minimum Gasteiger partial charge on any atom is -0.588 e. The van der Waals surface area contributed by atoms with Gasteiger partial charge < -0.3 is 4.55 Å². The normalized spacial score (nSPS) is 16.4. The second kappa shape index (κ2) is 8.72. The van der Waals surface area contributed by atoms with Crippen LogP contribution in [0.3, 0.4) is 0 Å². The van der Waals surface area contributed by atoms with Crippen molar-refractivity contribution in [3.8, 4) is 11.8 Å². The molecule has 1 unspecified atom stereocenters. The van der Waals surface area contributed by atoms with Gasteiger partial charge in [0.05, 0.1) is 16.3 Å². The number of fused-ring (bicyclic) bond motifs is 1. The first-order valence-electron chi connectivity index (χ1n) is 8.93. The summed E-state index contributed by atoms with van der Waals surface area (Å²) in [5.74, 6) is 5.11. The fourth-order valence-electron chi connectivity index (χ4n) is 2.89. The number of anilines is 1. The molecular formula is C23H14ClFN2O2S. The number of carbonyl (C=O) groups excluding carboxylic acids is 1. The van der Waals surface area contributed by atoms with Crippen LogP contribution in [-0.2, 0) is 17.8 Å². The average Bonchev–Trinajstić information content (AvgIpc) is 2.75. The molecule has 148 valence electrons. The van der Waals surface area contributed by atoms with Crippen molar-refractivity contribution < 1.29 is 13.7 Å². The summed E-state index contributed by atoms with van der Waals surface area (Å²) >= 11 is 3.94. The van der Waals surface area contributed by atoms with Gasteiger partial charge in [0.15, 0.2) is 0 Å². The number of aromatic nitrogens is 1. The molecule has 2 aromatic carbocycles. The summed E-state index contributed by atoms with van der Waals surface area (Å²) in [5.41, 5.74) is 2.95. The van der Waals surface area contributed by atoms with Crippen molar-refractivity contribution in [3.05, 3.63) is 98.9 Å². The maximum atomic E-state index is 13.7. The van der Waals surface area contributed by atoms with Gasteiger partial charge in [0.2, 0.25) is 10.7 Å². The highest BCUT2D eigenvalue weighted by molar-refractivity contribution is 7.97. The lowest BCUT2D eigenvalue weighted by molar-refractivity contribution is 0.104. The zero-order valence-corrected chi connectivity index (χ0v) is 17.1. The van der Waals surface area contributed by atoms with Crippen molar-refractivity contribution in [2.45, 2.75) is 6.42 Å². The molecule has 0 radical (unpaired) electrons. The van der Waals surface area contributed by atoms with E-state index in [1.807, 2.05) is 12.1 Å². The fourth-order valence-corrected chi connectivity index (χ4v) is 4.02. The van der Waals surface area contributed by atoms with Crippen molar-refractivity contribution >= 4 is 40.5 Å². The Morgan fingerprint density at radius 1 is 1.17 bits per heavy atom. The highest BCUT2D eigenvalue weighted by Crippen LogP contribution is 2.31. The number of carbonyl (C=O) groups is 1. The fraction of sp³-hybridized carbons (Fsp3) is 0.0435. The molecule has 4 rings (SSSR count). The summed E-state index contributed by atoms with van der Waals surface area (Å²) in [6.45, 7) is 0. The zero-order chi connectivity index (χ0) is 21.1. The van der Waals surface area contributed by atoms with Gasteiger partial charge in [-0.25, -0.2) is 9.11 Å². The van der Waals surface area contributed by atoms with Gasteiger partial charge in [-0.05, 0) is 53.6 Å². The van der Waals surface area contributed by atoms with Gasteiger partial charge in [0.1, 0.15) is 17.2 Å². The predicted molar refractivity (Wildman–Crippen MR) is 117 cm³/mol. The molecule has 1 atom stereocenters. The van der Waals surface area contributed by atoms with Crippen molar-refractivity contribution in [1.82, 2.24) is 4.98 Å². The summed E-state index contributed by atoms with van der Waals surface area (Å²) in [7, 11) is 0. The minimum absolute atomic E-state index is 0.0216. The lowest BCUT2D eigenvalue weighted by atomic mass is 10.0. The van der Waals surface area contributed by atoms with E-state index in [0.717, 1.165) is 5.56 Å². The lowest BCUT2D eigenvalue weighted by Crippen LogP contribution is -2.27. The standard InChI is InChI=1S/C23H14ClFN2O2S/c24-19-6-4-17(13-20(19)25)14-22-23(28)18-12-16(5-7-21(18)27-30(22)29)3-1-2-15-8-10-26-11-9-15/h4-14,27H,2H2/b22-14-. The molecule has 0 fully saturated rings. The molecule has 2 heterocycles.